The number of pyridine rings is 2. The smallest absolute Gasteiger partial charge is 0.328 e. The zero-order chi connectivity index (χ0) is 38.0. The van der Waals surface area contributed by atoms with E-state index >= 15 is 0 Å². The molecule has 0 aliphatic heterocycles. The van der Waals surface area contributed by atoms with Crippen LogP contribution in [-0.2, 0) is 41.5 Å². The molecule has 10 aromatic rings. The van der Waals surface area contributed by atoms with E-state index in [4.69, 9.17) is 0 Å². The quantitative estimate of drug-likeness (QED) is 0.145. The number of rotatable bonds is 9. The molecular weight excluding hydrogens is 996 g/mol. The van der Waals surface area contributed by atoms with Gasteiger partial charge in [-0.1, -0.05) is 107 Å². The molecule has 0 aliphatic rings. The average Bonchev–Trinajstić information content (AvgIpc) is 3.61. The Bertz CT molecular complexity index is 2790. The number of nitrogens with zero attached hydrogens (tertiary/aromatic N) is 6. The molecule has 0 saturated heterocycles. The minimum atomic E-state index is -0.159. The van der Waals surface area contributed by atoms with E-state index in [1.54, 1.807) is 0 Å². The number of fused-ring (bicyclic) bond motifs is 3. The van der Waals surface area contributed by atoms with Gasteiger partial charge in [0.1, 0.15) is 12.7 Å². The summed E-state index contributed by atoms with van der Waals surface area (Å²) in [5.41, 5.74) is 11.6. The predicted molar refractivity (Wildman–Crippen MR) is 231 cm³/mol. The summed E-state index contributed by atoms with van der Waals surface area (Å²) in [4.78, 5) is 22.7. The Morgan fingerprint density at radius 1 is 0.407 bits per heavy atom. The fourth-order valence-corrected chi connectivity index (χ4v) is 7.78. The number of hydrogen-bond donors (Lipinski definition) is 0. The normalized spacial score (nSPS) is 10.8. The van der Waals surface area contributed by atoms with Gasteiger partial charge in [0, 0.05) is 12.4 Å². The van der Waals surface area contributed by atoms with Crippen molar-refractivity contribution in [3.8, 4) is 28.5 Å². The maximum atomic E-state index is 4.67. The molecule has 4 aromatic heterocycles. The van der Waals surface area contributed by atoms with E-state index in [0.717, 1.165) is 77.1 Å². The standard InChI is InChI=1S/C49H30B2N6.Pd.Pt/c1-3-15-37(16-4-1)50(39-19-11-13-35(29-39)45-21-7-9-27-53-45)41-23-25-43-44-26-24-42(32-48(44)57(47(43)31-41)49-55-33-52-34-56-49)51(38-17-5-2-6-18-38)40-20-12-14-36(30-40)46-22-8-10-28-54-46;;/h1-28,33-34H;;/q-4;2*+2. The molecule has 0 amide bonds. The second kappa shape index (κ2) is 17.8. The van der Waals surface area contributed by atoms with Crippen LogP contribution >= 0.6 is 0 Å². The van der Waals surface area contributed by atoms with Gasteiger partial charge in [-0.25, -0.2) is 15.0 Å². The predicted octanol–water partition coefficient (Wildman–Crippen LogP) is 5.32. The van der Waals surface area contributed by atoms with Gasteiger partial charge in [-0.15, -0.1) is 59.7 Å². The van der Waals surface area contributed by atoms with Crippen LogP contribution in [-0.4, -0.2) is 42.9 Å². The second-order valence-corrected chi connectivity index (χ2v) is 13.8. The minimum absolute atomic E-state index is 0. The number of aromatic nitrogens is 6. The van der Waals surface area contributed by atoms with E-state index in [1.165, 1.54) is 12.7 Å². The molecule has 59 heavy (non-hydrogen) atoms. The molecule has 0 fully saturated rings. The van der Waals surface area contributed by atoms with Crippen molar-refractivity contribution in [3.63, 3.8) is 0 Å². The van der Waals surface area contributed by atoms with Crippen LogP contribution < -0.4 is 32.8 Å². The topological polar surface area (TPSA) is 69.4 Å². The van der Waals surface area contributed by atoms with Gasteiger partial charge in [0.15, 0.2) is 13.4 Å². The average molecular weight is 1030 g/mol. The first-order valence-corrected chi connectivity index (χ1v) is 18.8. The molecule has 0 unspecified atom stereocenters. The third-order valence-corrected chi connectivity index (χ3v) is 10.3. The molecule has 282 valence electrons. The van der Waals surface area contributed by atoms with Crippen LogP contribution in [0.25, 0.3) is 50.3 Å². The van der Waals surface area contributed by atoms with Crippen LogP contribution in [0.1, 0.15) is 0 Å². The summed E-state index contributed by atoms with van der Waals surface area (Å²) in [6.45, 7) is -0.319. The van der Waals surface area contributed by atoms with Crippen LogP contribution in [0, 0.1) is 24.3 Å². The second-order valence-electron chi connectivity index (χ2n) is 13.8. The van der Waals surface area contributed by atoms with Crippen LogP contribution in [0.5, 0.6) is 0 Å². The van der Waals surface area contributed by atoms with Gasteiger partial charge in [0.05, 0.1) is 0 Å². The summed E-state index contributed by atoms with van der Waals surface area (Å²) >= 11 is 0. The Morgan fingerprint density at radius 3 is 1.29 bits per heavy atom. The van der Waals surface area contributed by atoms with E-state index in [-0.39, 0.29) is 54.9 Å². The van der Waals surface area contributed by atoms with Crippen molar-refractivity contribution >= 4 is 68.0 Å². The van der Waals surface area contributed by atoms with E-state index in [9.17, 15) is 0 Å². The zero-order valence-electron chi connectivity index (χ0n) is 31.3. The van der Waals surface area contributed by atoms with Gasteiger partial charge in [-0.2, -0.15) is 69.0 Å². The van der Waals surface area contributed by atoms with Gasteiger partial charge < -0.3 is 14.5 Å². The molecule has 0 radical (unpaired) electrons. The zero-order valence-corrected chi connectivity index (χ0v) is 35.1. The van der Waals surface area contributed by atoms with Gasteiger partial charge in [-0.3, -0.25) is 0 Å². The molecule has 0 saturated carbocycles. The van der Waals surface area contributed by atoms with Gasteiger partial charge in [-0.05, 0) is 23.5 Å². The Labute approximate surface area is 372 Å². The summed E-state index contributed by atoms with van der Waals surface area (Å²) in [6.07, 6.45) is 6.69. The van der Waals surface area contributed by atoms with Crippen molar-refractivity contribution in [3.05, 3.63) is 207 Å². The van der Waals surface area contributed by atoms with Crippen molar-refractivity contribution < 1.29 is 41.5 Å². The molecule has 0 spiro atoms. The van der Waals surface area contributed by atoms with Crippen molar-refractivity contribution in [2.24, 2.45) is 0 Å². The maximum Gasteiger partial charge on any atom is 2.00 e. The fourth-order valence-electron chi connectivity index (χ4n) is 7.78. The first-order valence-electron chi connectivity index (χ1n) is 18.8. The van der Waals surface area contributed by atoms with Crippen molar-refractivity contribution in [2.75, 3.05) is 0 Å². The summed E-state index contributed by atoms with van der Waals surface area (Å²) in [5.74, 6) is 0.492. The first-order chi connectivity index (χ1) is 28.3. The Kier molecular flexibility index (Phi) is 12.0. The van der Waals surface area contributed by atoms with E-state index in [0.29, 0.717) is 5.95 Å². The van der Waals surface area contributed by atoms with Crippen molar-refractivity contribution in [1.29, 1.82) is 0 Å². The molecule has 6 nitrogen and oxygen atoms in total. The first kappa shape index (κ1) is 39.7. The monoisotopic (exact) mass is 1030 g/mol. The molecule has 0 atom stereocenters. The molecule has 6 aromatic carbocycles. The van der Waals surface area contributed by atoms with Gasteiger partial charge in [0.2, 0.25) is 5.95 Å². The summed E-state index contributed by atoms with van der Waals surface area (Å²) in [6, 6.07) is 69.4. The van der Waals surface area contributed by atoms with E-state index in [1.807, 2.05) is 60.9 Å². The van der Waals surface area contributed by atoms with Crippen LogP contribution in [0.4, 0.5) is 0 Å². The third kappa shape index (κ3) is 7.90. The number of benzene rings is 6. The SMILES string of the molecule is [Pd+2].[Pt+2].[c-]1c(B(c2[c-]c3c(cc2)c2ccc(B(c4[c-]c(-c5ccccn5)ccc4)c4ccccc4)[c-]c2n3-c2ncncn2)c2ccccc2)cccc1-c1ccccn1. The van der Waals surface area contributed by atoms with Crippen LogP contribution in [0.3, 0.4) is 0 Å². The minimum Gasteiger partial charge on any atom is -0.328 e. The molecule has 10 rings (SSSR count). The Balaban J connectivity index is 0.00000242. The van der Waals surface area contributed by atoms with Crippen molar-refractivity contribution in [2.45, 2.75) is 0 Å². The summed E-state index contributed by atoms with van der Waals surface area (Å²) in [7, 11) is 0. The van der Waals surface area contributed by atoms with E-state index in [2.05, 4.69) is 163 Å². The fraction of sp³-hybridized carbons (Fsp3) is 0. The molecule has 0 bridgehead atoms. The molecule has 0 aliphatic carbocycles. The molecule has 4 heterocycles. The van der Waals surface area contributed by atoms with Crippen LogP contribution in [0.15, 0.2) is 183 Å². The Morgan fingerprint density at radius 2 is 0.847 bits per heavy atom. The largest absolute Gasteiger partial charge is 2.00 e. The van der Waals surface area contributed by atoms with Gasteiger partial charge >= 0.3 is 41.5 Å². The van der Waals surface area contributed by atoms with Crippen LogP contribution in [0.2, 0.25) is 0 Å². The number of hydrogen-bond acceptors (Lipinski definition) is 5. The third-order valence-electron chi connectivity index (χ3n) is 10.3. The van der Waals surface area contributed by atoms with Gasteiger partial charge in [0.25, 0.3) is 0 Å². The maximum absolute atomic E-state index is 4.67. The van der Waals surface area contributed by atoms with Crippen molar-refractivity contribution in [1.82, 2.24) is 29.5 Å². The summed E-state index contributed by atoms with van der Waals surface area (Å²) in [5, 5.41) is 2.05. The molecular formula is C49H30B2N6PdPt. The Hall–Kier alpha value is -6.09. The summed E-state index contributed by atoms with van der Waals surface area (Å²) < 4.78 is 2.06. The molecule has 0 N–H and O–H groups in total. The van der Waals surface area contributed by atoms with E-state index < -0.39 is 0 Å². The molecule has 10 heteroatoms.